The standard InChI is InChI=1S/C10H13NO/c1-7-5-8-3-4-11-10(8)9(6-7)12-2/h5-6,11H,3-4H2,1-2H3. The van der Waals surface area contributed by atoms with Crippen molar-refractivity contribution in [1.82, 2.24) is 0 Å². The molecule has 1 aromatic carbocycles. The maximum Gasteiger partial charge on any atom is 0.142 e. The third-order valence-electron chi connectivity index (χ3n) is 2.24. The Kier molecular flexibility index (Phi) is 1.68. The summed E-state index contributed by atoms with van der Waals surface area (Å²) in [6.45, 7) is 3.14. The third kappa shape index (κ3) is 1.04. The van der Waals surface area contributed by atoms with E-state index in [1.54, 1.807) is 7.11 Å². The van der Waals surface area contributed by atoms with E-state index >= 15 is 0 Å². The number of aryl methyl sites for hydroxylation is 1. The average molecular weight is 163 g/mol. The summed E-state index contributed by atoms with van der Waals surface area (Å²) in [6.07, 6.45) is 1.12. The highest BCUT2D eigenvalue weighted by molar-refractivity contribution is 5.66. The topological polar surface area (TPSA) is 21.3 Å². The van der Waals surface area contributed by atoms with Crippen LogP contribution in [0.2, 0.25) is 0 Å². The van der Waals surface area contributed by atoms with E-state index in [-0.39, 0.29) is 0 Å². The molecule has 0 aromatic heterocycles. The van der Waals surface area contributed by atoms with Gasteiger partial charge in [-0.25, -0.2) is 0 Å². The van der Waals surface area contributed by atoms with Crippen molar-refractivity contribution in [2.45, 2.75) is 13.3 Å². The van der Waals surface area contributed by atoms with Gasteiger partial charge in [0.15, 0.2) is 0 Å². The maximum atomic E-state index is 5.28. The number of benzene rings is 1. The summed E-state index contributed by atoms with van der Waals surface area (Å²) < 4.78 is 5.28. The molecule has 0 radical (unpaired) electrons. The second kappa shape index (κ2) is 2.70. The summed E-state index contributed by atoms with van der Waals surface area (Å²) in [6, 6.07) is 4.29. The smallest absolute Gasteiger partial charge is 0.142 e. The van der Waals surface area contributed by atoms with Crippen LogP contribution in [0.1, 0.15) is 11.1 Å². The molecular weight excluding hydrogens is 150 g/mol. The molecule has 1 N–H and O–H groups in total. The van der Waals surface area contributed by atoms with Crippen LogP contribution >= 0.6 is 0 Å². The molecule has 0 aliphatic carbocycles. The molecule has 1 aliphatic rings. The van der Waals surface area contributed by atoms with Crippen LogP contribution in [-0.4, -0.2) is 13.7 Å². The molecule has 2 nitrogen and oxygen atoms in total. The van der Waals surface area contributed by atoms with E-state index in [0.717, 1.165) is 18.7 Å². The summed E-state index contributed by atoms with van der Waals surface area (Å²) in [5.41, 5.74) is 3.84. The van der Waals surface area contributed by atoms with Gasteiger partial charge >= 0.3 is 0 Å². The minimum atomic E-state index is 0.975. The number of methoxy groups -OCH3 is 1. The molecule has 1 aromatic rings. The number of nitrogens with one attached hydrogen (secondary N) is 1. The Hall–Kier alpha value is -1.18. The molecule has 0 atom stereocenters. The molecule has 2 rings (SSSR count). The molecule has 0 fully saturated rings. The summed E-state index contributed by atoms with van der Waals surface area (Å²) in [5.74, 6) is 0.975. The Bertz CT molecular complexity index is 307. The van der Waals surface area contributed by atoms with Crippen LogP contribution in [0.4, 0.5) is 5.69 Å². The number of anilines is 1. The van der Waals surface area contributed by atoms with Crippen molar-refractivity contribution in [1.29, 1.82) is 0 Å². The number of ether oxygens (including phenoxy) is 1. The van der Waals surface area contributed by atoms with Gasteiger partial charge in [0, 0.05) is 6.54 Å². The molecule has 12 heavy (non-hydrogen) atoms. The van der Waals surface area contributed by atoms with Gasteiger partial charge in [0.2, 0.25) is 0 Å². The van der Waals surface area contributed by atoms with Crippen molar-refractivity contribution in [2.24, 2.45) is 0 Å². The van der Waals surface area contributed by atoms with Gasteiger partial charge in [-0.05, 0) is 30.5 Å². The molecule has 1 heterocycles. The lowest BCUT2D eigenvalue weighted by molar-refractivity contribution is 0.416. The van der Waals surface area contributed by atoms with Crippen molar-refractivity contribution in [3.8, 4) is 5.75 Å². The van der Waals surface area contributed by atoms with Crippen molar-refractivity contribution < 1.29 is 4.74 Å². The fraction of sp³-hybridized carbons (Fsp3) is 0.400. The maximum absolute atomic E-state index is 5.28. The van der Waals surface area contributed by atoms with Crippen molar-refractivity contribution in [2.75, 3.05) is 19.0 Å². The van der Waals surface area contributed by atoms with Gasteiger partial charge in [-0.2, -0.15) is 0 Å². The summed E-state index contributed by atoms with van der Waals surface area (Å²) in [4.78, 5) is 0. The first-order valence-corrected chi connectivity index (χ1v) is 4.22. The number of hydrogen-bond acceptors (Lipinski definition) is 2. The van der Waals surface area contributed by atoms with Crippen LogP contribution < -0.4 is 10.1 Å². The van der Waals surface area contributed by atoms with Gasteiger partial charge in [0.1, 0.15) is 5.75 Å². The molecule has 0 unspecified atom stereocenters. The van der Waals surface area contributed by atoms with E-state index < -0.39 is 0 Å². The first-order valence-electron chi connectivity index (χ1n) is 4.22. The Morgan fingerprint density at radius 3 is 3.00 bits per heavy atom. The van der Waals surface area contributed by atoms with Crippen LogP contribution in [0, 0.1) is 6.92 Å². The summed E-state index contributed by atoms with van der Waals surface area (Å²) >= 11 is 0. The molecule has 0 bridgehead atoms. The fourth-order valence-electron chi connectivity index (χ4n) is 1.71. The molecule has 2 heteroatoms. The first-order chi connectivity index (χ1) is 5.81. The van der Waals surface area contributed by atoms with Gasteiger partial charge in [-0.3, -0.25) is 0 Å². The summed E-state index contributed by atoms with van der Waals surface area (Å²) in [5, 5.41) is 3.32. The normalized spacial score (nSPS) is 13.8. The van der Waals surface area contributed by atoms with Gasteiger partial charge in [0.25, 0.3) is 0 Å². The SMILES string of the molecule is COc1cc(C)cc2c1NCC2. The Morgan fingerprint density at radius 2 is 2.25 bits per heavy atom. The first kappa shape index (κ1) is 7.47. The highest BCUT2D eigenvalue weighted by Gasteiger charge is 2.14. The Morgan fingerprint density at radius 1 is 1.42 bits per heavy atom. The molecular formula is C10H13NO. The predicted octanol–water partition coefficient (Wildman–Crippen LogP) is 1.97. The van der Waals surface area contributed by atoms with Gasteiger partial charge in [-0.15, -0.1) is 0 Å². The number of rotatable bonds is 1. The largest absolute Gasteiger partial charge is 0.495 e. The quantitative estimate of drug-likeness (QED) is 0.683. The lowest BCUT2D eigenvalue weighted by Crippen LogP contribution is -1.94. The lowest BCUT2D eigenvalue weighted by Gasteiger charge is -2.08. The molecule has 0 amide bonds. The predicted molar refractivity (Wildman–Crippen MR) is 49.9 cm³/mol. The Balaban J connectivity index is 2.55. The molecule has 0 spiro atoms. The minimum Gasteiger partial charge on any atom is -0.495 e. The van der Waals surface area contributed by atoms with E-state index in [1.807, 2.05) is 0 Å². The third-order valence-corrected chi connectivity index (χ3v) is 2.24. The van der Waals surface area contributed by atoms with Gasteiger partial charge < -0.3 is 10.1 Å². The minimum absolute atomic E-state index is 0.975. The average Bonchev–Trinajstić information content (AvgIpc) is 2.50. The van der Waals surface area contributed by atoms with E-state index in [0.29, 0.717) is 0 Å². The van der Waals surface area contributed by atoms with Crippen LogP contribution in [0.3, 0.4) is 0 Å². The number of fused-ring (bicyclic) bond motifs is 1. The van der Waals surface area contributed by atoms with Gasteiger partial charge in [0.05, 0.1) is 12.8 Å². The molecule has 1 aliphatic heterocycles. The number of hydrogen-bond donors (Lipinski definition) is 1. The van der Waals surface area contributed by atoms with E-state index in [9.17, 15) is 0 Å². The summed E-state index contributed by atoms with van der Waals surface area (Å²) in [7, 11) is 1.72. The second-order valence-electron chi connectivity index (χ2n) is 3.18. The Labute approximate surface area is 72.5 Å². The second-order valence-corrected chi connectivity index (χ2v) is 3.18. The van der Waals surface area contributed by atoms with E-state index in [4.69, 9.17) is 4.74 Å². The molecule has 0 saturated heterocycles. The zero-order chi connectivity index (χ0) is 8.55. The van der Waals surface area contributed by atoms with Crippen LogP contribution in [0.5, 0.6) is 5.75 Å². The van der Waals surface area contributed by atoms with Crippen LogP contribution in [-0.2, 0) is 6.42 Å². The molecule has 0 saturated carbocycles. The zero-order valence-corrected chi connectivity index (χ0v) is 7.48. The highest BCUT2D eigenvalue weighted by atomic mass is 16.5. The van der Waals surface area contributed by atoms with Crippen LogP contribution in [0.25, 0.3) is 0 Å². The van der Waals surface area contributed by atoms with Gasteiger partial charge in [-0.1, -0.05) is 6.07 Å². The zero-order valence-electron chi connectivity index (χ0n) is 7.48. The molecule has 64 valence electrons. The van der Waals surface area contributed by atoms with Crippen molar-refractivity contribution in [3.05, 3.63) is 23.3 Å². The van der Waals surface area contributed by atoms with Crippen LogP contribution in [0.15, 0.2) is 12.1 Å². The fourth-order valence-corrected chi connectivity index (χ4v) is 1.71. The van der Waals surface area contributed by atoms with E-state index in [2.05, 4.69) is 24.4 Å². The highest BCUT2D eigenvalue weighted by Crippen LogP contribution is 2.33. The van der Waals surface area contributed by atoms with Crippen molar-refractivity contribution >= 4 is 5.69 Å². The lowest BCUT2D eigenvalue weighted by atomic mass is 10.1. The van der Waals surface area contributed by atoms with Crippen molar-refractivity contribution in [3.63, 3.8) is 0 Å². The monoisotopic (exact) mass is 163 g/mol. The van der Waals surface area contributed by atoms with E-state index in [1.165, 1.54) is 16.8 Å².